The van der Waals surface area contributed by atoms with E-state index >= 15 is 0 Å². The Hall–Kier alpha value is -4.13. The third kappa shape index (κ3) is 4.40. The number of aromatic nitrogens is 4. The lowest BCUT2D eigenvalue weighted by Crippen LogP contribution is -2.21. The molecule has 4 aromatic rings. The van der Waals surface area contributed by atoms with Gasteiger partial charge in [-0.25, -0.2) is 4.79 Å². The van der Waals surface area contributed by atoms with Crippen molar-refractivity contribution in [2.75, 3.05) is 0 Å². The van der Waals surface area contributed by atoms with Gasteiger partial charge >= 0.3 is 5.97 Å². The summed E-state index contributed by atoms with van der Waals surface area (Å²) in [6.45, 7) is 3.90. The minimum Gasteiger partial charge on any atom is -0.445 e. The number of aryl methyl sites for hydroxylation is 2. The second-order valence-electron chi connectivity index (χ2n) is 7.20. The zero-order valence-electron chi connectivity index (χ0n) is 17.1. The largest absolute Gasteiger partial charge is 0.445 e. The Bertz CT molecular complexity index is 1200. The number of para-hydroxylation sites is 1. The summed E-state index contributed by atoms with van der Waals surface area (Å²) in [4.78, 5) is 26.5. The van der Waals surface area contributed by atoms with Crippen molar-refractivity contribution in [2.24, 2.45) is 0 Å². The van der Waals surface area contributed by atoms with Gasteiger partial charge in [0.1, 0.15) is 6.33 Å². The Kier molecular flexibility index (Phi) is 5.66. The topological polar surface area (TPSA) is 87.0 Å². The molecule has 1 atom stereocenters. The standard InChI is InChI=1S/C24H20N4O3/c1-16-7-11-18(12-8-16)22(29)23(19-13-9-17(2)10-14-19)31-24(30)20-5-3-4-6-21(20)28-15-25-26-27-28/h3-15,23H,1-2H3/t23-/m1/s1. The molecule has 4 rings (SSSR count). The first-order chi connectivity index (χ1) is 15.0. The fourth-order valence-corrected chi connectivity index (χ4v) is 3.17. The molecule has 0 radical (unpaired) electrons. The lowest BCUT2D eigenvalue weighted by Gasteiger charge is -2.19. The van der Waals surface area contributed by atoms with Crippen molar-refractivity contribution in [3.05, 3.63) is 107 Å². The van der Waals surface area contributed by atoms with Crippen LogP contribution in [-0.2, 0) is 4.74 Å². The quantitative estimate of drug-likeness (QED) is 0.351. The van der Waals surface area contributed by atoms with Crippen LogP contribution in [0.4, 0.5) is 0 Å². The highest BCUT2D eigenvalue weighted by Crippen LogP contribution is 2.26. The second kappa shape index (κ2) is 8.71. The van der Waals surface area contributed by atoms with Crippen molar-refractivity contribution >= 4 is 11.8 Å². The molecule has 31 heavy (non-hydrogen) atoms. The molecule has 7 nitrogen and oxygen atoms in total. The van der Waals surface area contributed by atoms with Gasteiger partial charge in [-0.05, 0) is 36.4 Å². The molecule has 0 fully saturated rings. The maximum atomic E-state index is 13.3. The van der Waals surface area contributed by atoms with Crippen LogP contribution in [0.3, 0.4) is 0 Å². The van der Waals surface area contributed by atoms with E-state index in [1.54, 1.807) is 48.5 Å². The summed E-state index contributed by atoms with van der Waals surface area (Å²) >= 11 is 0. The molecular formula is C24H20N4O3. The Morgan fingerprint density at radius 2 is 1.52 bits per heavy atom. The molecule has 0 saturated heterocycles. The lowest BCUT2D eigenvalue weighted by atomic mass is 9.98. The Morgan fingerprint density at radius 3 is 2.16 bits per heavy atom. The molecule has 0 N–H and O–H groups in total. The monoisotopic (exact) mass is 412 g/mol. The minimum absolute atomic E-state index is 0.253. The molecule has 0 bridgehead atoms. The van der Waals surface area contributed by atoms with Gasteiger partial charge in [-0.15, -0.1) is 5.10 Å². The van der Waals surface area contributed by atoms with E-state index in [9.17, 15) is 9.59 Å². The zero-order chi connectivity index (χ0) is 21.8. The van der Waals surface area contributed by atoms with Gasteiger partial charge < -0.3 is 4.74 Å². The molecule has 0 aliphatic rings. The minimum atomic E-state index is -1.09. The van der Waals surface area contributed by atoms with E-state index in [-0.39, 0.29) is 11.3 Å². The molecule has 0 spiro atoms. The Labute approximate surface area is 179 Å². The van der Waals surface area contributed by atoms with Gasteiger partial charge in [0.15, 0.2) is 6.10 Å². The van der Waals surface area contributed by atoms with Crippen LogP contribution in [0.2, 0.25) is 0 Å². The van der Waals surface area contributed by atoms with Gasteiger partial charge in [-0.1, -0.05) is 71.8 Å². The summed E-state index contributed by atoms with van der Waals surface area (Å²) < 4.78 is 7.15. The van der Waals surface area contributed by atoms with Crippen LogP contribution in [0.25, 0.3) is 5.69 Å². The molecule has 0 amide bonds. The van der Waals surface area contributed by atoms with Crippen molar-refractivity contribution in [2.45, 2.75) is 20.0 Å². The molecule has 154 valence electrons. The summed E-state index contributed by atoms with van der Waals surface area (Å²) in [6, 6.07) is 21.3. The first-order valence-electron chi connectivity index (χ1n) is 9.74. The van der Waals surface area contributed by atoms with Crippen LogP contribution in [0.1, 0.15) is 43.5 Å². The number of hydrogen-bond donors (Lipinski definition) is 0. The lowest BCUT2D eigenvalue weighted by molar-refractivity contribution is 0.0280. The van der Waals surface area contributed by atoms with E-state index in [1.807, 2.05) is 38.1 Å². The summed E-state index contributed by atoms with van der Waals surface area (Å²) in [7, 11) is 0. The van der Waals surface area contributed by atoms with Crippen LogP contribution in [0, 0.1) is 13.8 Å². The van der Waals surface area contributed by atoms with Gasteiger partial charge in [0, 0.05) is 11.1 Å². The fraction of sp³-hybridized carbons (Fsp3) is 0.125. The predicted molar refractivity (Wildman–Crippen MR) is 114 cm³/mol. The Balaban J connectivity index is 1.70. The van der Waals surface area contributed by atoms with Crippen LogP contribution in [0.5, 0.6) is 0 Å². The van der Waals surface area contributed by atoms with Crippen molar-refractivity contribution in [3.63, 3.8) is 0 Å². The van der Waals surface area contributed by atoms with E-state index in [0.29, 0.717) is 16.8 Å². The number of ether oxygens (including phenoxy) is 1. The van der Waals surface area contributed by atoms with Gasteiger partial charge in [-0.3, -0.25) is 4.79 Å². The number of carbonyl (C=O) groups excluding carboxylic acids is 2. The van der Waals surface area contributed by atoms with E-state index in [2.05, 4.69) is 15.5 Å². The normalized spacial score (nSPS) is 11.7. The van der Waals surface area contributed by atoms with E-state index in [4.69, 9.17) is 4.74 Å². The number of rotatable bonds is 6. The van der Waals surface area contributed by atoms with Gasteiger partial charge in [-0.2, -0.15) is 4.68 Å². The van der Waals surface area contributed by atoms with Crippen molar-refractivity contribution in [1.29, 1.82) is 0 Å². The summed E-state index contributed by atoms with van der Waals surface area (Å²) in [5.74, 6) is -0.936. The third-order valence-corrected chi connectivity index (χ3v) is 4.90. The number of benzene rings is 3. The summed E-state index contributed by atoms with van der Waals surface area (Å²) in [6.07, 6.45) is 0.304. The van der Waals surface area contributed by atoms with Crippen molar-refractivity contribution in [3.8, 4) is 5.69 Å². The van der Waals surface area contributed by atoms with Crippen molar-refractivity contribution < 1.29 is 14.3 Å². The molecule has 1 aromatic heterocycles. The van der Waals surface area contributed by atoms with Crippen LogP contribution in [0.15, 0.2) is 79.1 Å². The number of hydrogen-bond acceptors (Lipinski definition) is 6. The van der Waals surface area contributed by atoms with Crippen LogP contribution < -0.4 is 0 Å². The van der Waals surface area contributed by atoms with Gasteiger partial charge in [0.25, 0.3) is 0 Å². The number of carbonyl (C=O) groups is 2. The smallest absolute Gasteiger partial charge is 0.341 e. The maximum absolute atomic E-state index is 13.3. The average Bonchev–Trinajstić information content (AvgIpc) is 3.33. The number of esters is 1. The highest BCUT2D eigenvalue weighted by atomic mass is 16.5. The second-order valence-corrected chi connectivity index (χ2v) is 7.20. The molecule has 3 aromatic carbocycles. The van der Waals surface area contributed by atoms with Gasteiger partial charge in [0.05, 0.1) is 11.3 Å². The predicted octanol–water partition coefficient (Wildman–Crippen LogP) is 4.06. The van der Waals surface area contributed by atoms with Crippen LogP contribution in [-0.4, -0.2) is 32.0 Å². The first-order valence-corrected chi connectivity index (χ1v) is 9.74. The molecule has 1 heterocycles. The average molecular weight is 412 g/mol. The van der Waals surface area contributed by atoms with E-state index in [1.165, 1.54) is 11.0 Å². The highest BCUT2D eigenvalue weighted by Gasteiger charge is 2.28. The maximum Gasteiger partial charge on any atom is 0.341 e. The number of tetrazole rings is 1. The third-order valence-electron chi connectivity index (χ3n) is 4.90. The van der Waals surface area contributed by atoms with E-state index < -0.39 is 12.1 Å². The van der Waals surface area contributed by atoms with Crippen LogP contribution >= 0.6 is 0 Å². The number of Topliss-reactive ketones (excluding diaryl/α,β-unsaturated/α-hetero) is 1. The molecular weight excluding hydrogens is 392 g/mol. The number of nitrogens with zero attached hydrogens (tertiary/aromatic N) is 4. The summed E-state index contributed by atoms with van der Waals surface area (Å²) in [5.41, 5.74) is 3.87. The highest BCUT2D eigenvalue weighted by molar-refractivity contribution is 6.02. The molecule has 0 unspecified atom stereocenters. The molecule has 0 aliphatic carbocycles. The first kappa shape index (κ1) is 20.2. The van der Waals surface area contributed by atoms with Gasteiger partial charge in [0.2, 0.25) is 5.78 Å². The van der Waals surface area contributed by atoms with Crippen molar-refractivity contribution in [1.82, 2.24) is 20.2 Å². The fourth-order valence-electron chi connectivity index (χ4n) is 3.17. The molecule has 7 heteroatoms. The van der Waals surface area contributed by atoms with E-state index in [0.717, 1.165) is 11.1 Å². The molecule has 0 saturated carbocycles. The SMILES string of the molecule is Cc1ccc(C(=O)[C@H](OC(=O)c2ccccc2-n2cnnn2)c2ccc(C)cc2)cc1. The zero-order valence-corrected chi connectivity index (χ0v) is 17.1. The summed E-state index contributed by atoms with van der Waals surface area (Å²) in [5, 5.41) is 11.1. The Morgan fingerprint density at radius 1 is 0.871 bits per heavy atom. The molecule has 0 aliphatic heterocycles. The number of ketones is 1.